The van der Waals surface area contributed by atoms with E-state index in [9.17, 15) is 13.5 Å². The molecular weight excluding hydrogens is 262 g/mol. The van der Waals surface area contributed by atoms with Gasteiger partial charge >= 0.3 is 0 Å². The maximum absolute atomic E-state index is 12.7. The number of aliphatic hydroxyl groups is 1. The van der Waals surface area contributed by atoms with Crippen LogP contribution in [0.25, 0.3) is 0 Å². The van der Waals surface area contributed by atoms with Crippen molar-refractivity contribution in [3.05, 3.63) is 29.8 Å². The average Bonchev–Trinajstić information content (AvgIpc) is 3.09. The number of hydrogen-bond donors (Lipinski definition) is 1. The van der Waals surface area contributed by atoms with Crippen LogP contribution >= 0.6 is 0 Å². The lowest BCUT2D eigenvalue weighted by atomic mass is 9.90. The van der Waals surface area contributed by atoms with Crippen LogP contribution in [0.2, 0.25) is 0 Å². The minimum atomic E-state index is -3.46. The van der Waals surface area contributed by atoms with Crippen molar-refractivity contribution in [2.75, 3.05) is 6.61 Å². The van der Waals surface area contributed by atoms with Crippen LogP contribution in [0.15, 0.2) is 29.2 Å². The molecular formula is C14H19NO3S. The molecule has 1 aromatic carbocycles. The topological polar surface area (TPSA) is 57.4 Å². The number of aryl methyl sites for hydroxylation is 1. The van der Waals surface area contributed by atoms with Gasteiger partial charge in [0.15, 0.2) is 0 Å². The number of hydrogen-bond acceptors (Lipinski definition) is 3. The average molecular weight is 281 g/mol. The van der Waals surface area contributed by atoms with Gasteiger partial charge in [0.25, 0.3) is 0 Å². The molecule has 0 radical (unpaired) electrons. The monoisotopic (exact) mass is 281 g/mol. The van der Waals surface area contributed by atoms with Gasteiger partial charge in [0, 0.05) is 6.04 Å². The van der Waals surface area contributed by atoms with E-state index in [-0.39, 0.29) is 12.6 Å². The van der Waals surface area contributed by atoms with E-state index in [0.717, 1.165) is 31.2 Å². The Bertz CT molecular complexity index is 581. The number of nitrogens with zero attached hydrogens (tertiary/aromatic N) is 1. The van der Waals surface area contributed by atoms with Crippen LogP contribution in [-0.2, 0) is 10.0 Å². The molecule has 1 aliphatic heterocycles. The van der Waals surface area contributed by atoms with Gasteiger partial charge in [-0.2, -0.15) is 4.31 Å². The second kappa shape index (κ2) is 4.30. The summed E-state index contributed by atoms with van der Waals surface area (Å²) in [5.41, 5.74) is 0.529. The van der Waals surface area contributed by atoms with Gasteiger partial charge in [0.05, 0.1) is 17.0 Å². The molecule has 2 aliphatic rings. The predicted molar refractivity (Wildman–Crippen MR) is 72.3 cm³/mol. The maximum atomic E-state index is 12.7. The van der Waals surface area contributed by atoms with Gasteiger partial charge in [0.1, 0.15) is 0 Å². The minimum Gasteiger partial charge on any atom is -0.394 e. The zero-order chi connectivity index (χ0) is 13.7. The molecule has 4 nitrogen and oxygen atoms in total. The third-order valence-corrected chi connectivity index (χ3v) is 6.47. The Kier molecular flexibility index (Phi) is 2.96. The lowest BCUT2D eigenvalue weighted by molar-refractivity contribution is 0.215. The third kappa shape index (κ3) is 1.83. The summed E-state index contributed by atoms with van der Waals surface area (Å²) in [7, 11) is -3.46. The molecule has 1 unspecified atom stereocenters. The second-order valence-electron chi connectivity index (χ2n) is 5.64. The van der Waals surface area contributed by atoms with Crippen LogP contribution in [0.4, 0.5) is 0 Å². The molecule has 0 bridgehead atoms. The molecule has 1 aromatic rings. The van der Waals surface area contributed by atoms with Crippen LogP contribution in [0.3, 0.4) is 0 Å². The smallest absolute Gasteiger partial charge is 0.244 e. The summed E-state index contributed by atoms with van der Waals surface area (Å²) in [6.07, 6.45) is 3.69. The first-order valence-corrected chi connectivity index (χ1v) is 8.18. The first kappa shape index (κ1) is 13.1. The quantitative estimate of drug-likeness (QED) is 0.858. The highest BCUT2D eigenvalue weighted by molar-refractivity contribution is 7.89. The molecule has 2 fully saturated rings. The zero-order valence-corrected chi connectivity index (χ0v) is 11.9. The number of aliphatic hydroxyl groups excluding tert-OH is 1. The van der Waals surface area contributed by atoms with Crippen molar-refractivity contribution in [2.24, 2.45) is 0 Å². The summed E-state index contributed by atoms with van der Waals surface area (Å²) in [5, 5.41) is 9.61. The first-order chi connectivity index (χ1) is 9.02. The molecule has 1 heterocycles. The normalized spacial score (nSPS) is 33.8. The lowest BCUT2D eigenvalue weighted by Crippen LogP contribution is -2.28. The van der Waals surface area contributed by atoms with E-state index in [2.05, 4.69) is 0 Å². The van der Waals surface area contributed by atoms with Crippen LogP contribution in [0.1, 0.15) is 31.2 Å². The summed E-state index contributed by atoms with van der Waals surface area (Å²) in [4.78, 5) is 0.334. The number of sulfonamides is 1. The van der Waals surface area contributed by atoms with Gasteiger partial charge in [-0.25, -0.2) is 8.42 Å². The van der Waals surface area contributed by atoms with Crippen molar-refractivity contribution in [3.63, 3.8) is 0 Å². The van der Waals surface area contributed by atoms with Crippen LogP contribution in [0.5, 0.6) is 0 Å². The van der Waals surface area contributed by atoms with E-state index in [1.807, 2.05) is 19.1 Å². The Morgan fingerprint density at radius 1 is 1.32 bits per heavy atom. The third-order valence-electron chi connectivity index (χ3n) is 4.46. The SMILES string of the molecule is Cc1ccc(S(=O)(=O)N2[C@H]3CCCC[C@]32CO)cc1. The molecule has 1 aliphatic carbocycles. The van der Waals surface area contributed by atoms with Gasteiger partial charge in [-0.1, -0.05) is 30.5 Å². The van der Waals surface area contributed by atoms with Crippen LogP contribution in [0, 0.1) is 6.92 Å². The molecule has 1 saturated heterocycles. The summed E-state index contributed by atoms with van der Waals surface area (Å²) in [6, 6.07) is 6.93. The molecule has 104 valence electrons. The van der Waals surface area contributed by atoms with Crippen molar-refractivity contribution in [3.8, 4) is 0 Å². The van der Waals surface area contributed by atoms with Crippen LogP contribution < -0.4 is 0 Å². The van der Waals surface area contributed by atoms with E-state index in [1.54, 1.807) is 12.1 Å². The summed E-state index contributed by atoms with van der Waals surface area (Å²) >= 11 is 0. The molecule has 1 saturated carbocycles. The van der Waals surface area contributed by atoms with Gasteiger partial charge in [-0.15, -0.1) is 0 Å². The van der Waals surface area contributed by atoms with E-state index in [0.29, 0.717) is 4.90 Å². The Balaban J connectivity index is 1.96. The van der Waals surface area contributed by atoms with E-state index in [1.165, 1.54) is 4.31 Å². The van der Waals surface area contributed by atoms with Gasteiger partial charge in [0.2, 0.25) is 10.0 Å². The van der Waals surface area contributed by atoms with Crippen molar-refractivity contribution < 1.29 is 13.5 Å². The fourth-order valence-electron chi connectivity index (χ4n) is 3.32. The summed E-state index contributed by atoms with van der Waals surface area (Å²) < 4.78 is 26.8. The highest BCUT2D eigenvalue weighted by atomic mass is 32.2. The molecule has 0 aromatic heterocycles. The largest absolute Gasteiger partial charge is 0.394 e. The molecule has 0 amide bonds. The maximum Gasteiger partial charge on any atom is 0.244 e. The Morgan fingerprint density at radius 3 is 2.58 bits per heavy atom. The number of rotatable bonds is 3. The van der Waals surface area contributed by atoms with E-state index in [4.69, 9.17) is 0 Å². The van der Waals surface area contributed by atoms with Crippen molar-refractivity contribution >= 4 is 10.0 Å². The van der Waals surface area contributed by atoms with Crippen LogP contribution in [-0.4, -0.2) is 36.0 Å². The van der Waals surface area contributed by atoms with Gasteiger partial charge in [-0.05, 0) is 31.9 Å². The standard InChI is InChI=1S/C14H19NO3S/c1-11-5-7-12(8-6-11)19(17,18)15-13-4-2-3-9-14(13,15)10-16/h5-8,13,16H,2-4,9-10H2,1H3/t13-,14-,15?/m0/s1. The Labute approximate surface area is 114 Å². The van der Waals surface area contributed by atoms with Gasteiger partial charge in [-0.3, -0.25) is 0 Å². The van der Waals surface area contributed by atoms with Crippen molar-refractivity contribution in [2.45, 2.75) is 49.1 Å². The Hall–Kier alpha value is -0.910. The highest BCUT2D eigenvalue weighted by Gasteiger charge is 2.68. The van der Waals surface area contributed by atoms with E-state index < -0.39 is 15.6 Å². The predicted octanol–water partition coefficient (Wildman–Crippen LogP) is 1.67. The second-order valence-corrected chi connectivity index (χ2v) is 7.45. The van der Waals surface area contributed by atoms with E-state index >= 15 is 0 Å². The molecule has 5 heteroatoms. The molecule has 1 N–H and O–H groups in total. The highest BCUT2D eigenvalue weighted by Crippen LogP contribution is 2.53. The van der Waals surface area contributed by atoms with Crippen molar-refractivity contribution in [1.82, 2.24) is 4.31 Å². The minimum absolute atomic E-state index is 0.00227. The number of benzene rings is 1. The molecule has 0 spiro atoms. The zero-order valence-electron chi connectivity index (χ0n) is 11.0. The Morgan fingerprint density at radius 2 is 2.00 bits per heavy atom. The summed E-state index contributed by atoms with van der Waals surface area (Å²) in [5.74, 6) is 0. The summed E-state index contributed by atoms with van der Waals surface area (Å²) in [6.45, 7) is 1.87. The lowest BCUT2D eigenvalue weighted by Gasteiger charge is -2.17. The molecule has 3 rings (SSSR count). The fraction of sp³-hybridized carbons (Fsp3) is 0.571. The first-order valence-electron chi connectivity index (χ1n) is 6.74. The fourth-order valence-corrected chi connectivity index (χ4v) is 5.37. The van der Waals surface area contributed by atoms with Gasteiger partial charge < -0.3 is 5.11 Å². The van der Waals surface area contributed by atoms with Crippen molar-refractivity contribution in [1.29, 1.82) is 0 Å². The molecule has 3 atom stereocenters. The number of fused-ring (bicyclic) bond motifs is 1. The molecule has 19 heavy (non-hydrogen) atoms.